The summed E-state index contributed by atoms with van der Waals surface area (Å²) < 4.78 is 17.5. The lowest BCUT2D eigenvalue weighted by Crippen LogP contribution is -2.28. The summed E-state index contributed by atoms with van der Waals surface area (Å²) in [6.45, 7) is 3.85. The fourth-order valence-corrected chi connectivity index (χ4v) is 4.41. The van der Waals surface area contributed by atoms with Crippen molar-refractivity contribution in [2.75, 3.05) is 13.1 Å². The maximum atomic E-state index is 13.9. The summed E-state index contributed by atoms with van der Waals surface area (Å²) in [5.74, 6) is -0.0180. The van der Waals surface area contributed by atoms with Gasteiger partial charge in [-0.2, -0.15) is 10.2 Å². The van der Waals surface area contributed by atoms with Crippen LogP contribution in [0.4, 0.5) is 4.39 Å². The topological polar surface area (TPSA) is 81.2 Å². The Labute approximate surface area is 184 Å². The number of benzene rings is 1. The molecule has 0 bridgehead atoms. The van der Waals surface area contributed by atoms with Gasteiger partial charge in [-0.1, -0.05) is 18.2 Å². The number of rotatable bonds is 6. The van der Waals surface area contributed by atoms with E-state index in [0.717, 1.165) is 29.0 Å². The molecule has 5 rings (SSSR count). The van der Waals surface area contributed by atoms with Crippen molar-refractivity contribution in [3.8, 4) is 0 Å². The Hall–Kier alpha value is -3.62. The molecule has 4 heterocycles. The van der Waals surface area contributed by atoms with Crippen molar-refractivity contribution in [3.05, 3.63) is 77.5 Å². The Morgan fingerprint density at radius 1 is 1.25 bits per heavy atom. The van der Waals surface area contributed by atoms with Crippen LogP contribution in [0.1, 0.15) is 41.3 Å². The molecule has 1 aromatic carbocycles. The lowest BCUT2D eigenvalue weighted by molar-refractivity contribution is -0.130. The van der Waals surface area contributed by atoms with Crippen LogP contribution in [-0.2, 0) is 17.8 Å². The number of carbonyl (C=O) groups is 1. The van der Waals surface area contributed by atoms with E-state index in [1.807, 2.05) is 22.4 Å². The van der Waals surface area contributed by atoms with Crippen LogP contribution in [0.15, 0.2) is 49.2 Å². The van der Waals surface area contributed by atoms with Gasteiger partial charge >= 0.3 is 0 Å². The van der Waals surface area contributed by atoms with E-state index in [4.69, 9.17) is 5.10 Å². The van der Waals surface area contributed by atoms with E-state index in [1.165, 1.54) is 12.4 Å². The van der Waals surface area contributed by atoms with E-state index < -0.39 is 0 Å². The van der Waals surface area contributed by atoms with Gasteiger partial charge in [-0.3, -0.25) is 4.79 Å². The molecule has 4 aromatic rings. The maximum Gasteiger partial charge on any atom is 0.222 e. The minimum atomic E-state index is -0.255. The molecular formula is C23H24FN7O. The summed E-state index contributed by atoms with van der Waals surface area (Å²) >= 11 is 0. The number of aryl methyl sites for hydroxylation is 2. The molecule has 3 aromatic heterocycles. The average molecular weight is 433 g/mol. The molecule has 1 fully saturated rings. The predicted molar refractivity (Wildman–Crippen MR) is 116 cm³/mol. The maximum absolute atomic E-state index is 13.9. The highest BCUT2D eigenvalue weighted by atomic mass is 19.1. The van der Waals surface area contributed by atoms with E-state index in [-0.39, 0.29) is 17.6 Å². The number of nitrogens with zero attached hydrogens (tertiary/aromatic N) is 7. The SMILES string of the molecule is Cc1nn2c([C@@H]3CCN(C(=O)CCc4ccccc4F)C3)ccnc2c1Cn1cncn1. The monoisotopic (exact) mass is 433 g/mol. The van der Waals surface area contributed by atoms with Crippen LogP contribution in [0, 0.1) is 12.7 Å². The molecule has 0 N–H and O–H groups in total. The van der Waals surface area contributed by atoms with E-state index in [1.54, 1.807) is 35.4 Å². The van der Waals surface area contributed by atoms with Gasteiger partial charge in [0.15, 0.2) is 5.65 Å². The third kappa shape index (κ3) is 3.86. The van der Waals surface area contributed by atoms with Crippen molar-refractivity contribution in [2.24, 2.45) is 0 Å². The summed E-state index contributed by atoms with van der Waals surface area (Å²) in [4.78, 5) is 23.2. The second-order valence-electron chi connectivity index (χ2n) is 8.18. The quantitative estimate of drug-likeness (QED) is 0.467. The van der Waals surface area contributed by atoms with E-state index in [0.29, 0.717) is 38.0 Å². The van der Waals surface area contributed by atoms with Crippen molar-refractivity contribution in [3.63, 3.8) is 0 Å². The second kappa shape index (κ2) is 8.49. The van der Waals surface area contributed by atoms with Gasteiger partial charge in [0.25, 0.3) is 0 Å². The lowest BCUT2D eigenvalue weighted by atomic mass is 10.0. The molecule has 0 unspecified atom stereocenters. The fourth-order valence-electron chi connectivity index (χ4n) is 4.41. The van der Waals surface area contributed by atoms with Gasteiger partial charge in [0, 0.05) is 37.2 Å². The van der Waals surface area contributed by atoms with Gasteiger partial charge in [0.1, 0.15) is 18.5 Å². The van der Waals surface area contributed by atoms with Crippen LogP contribution in [-0.4, -0.2) is 53.3 Å². The first-order valence-corrected chi connectivity index (χ1v) is 10.8. The number of hydrogen-bond donors (Lipinski definition) is 0. The molecule has 164 valence electrons. The van der Waals surface area contributed by atoms with Crippen LogP contribution in [0.25, 0.3) is 5.65 Å². The van der Waals surface area contributed by atoms with E-state index in [2.05, 4.69) is 15.1 Å². The van der Waals surface area contributed by atoms with Crippen molar-refractivity contribution in [1.82, 2.24) is 34.3 Å². The lowest BCUT2D eigenvalue weighted by Gasteiger charge is -2.17. The van der Waals surface area contributed by atoms with Gasteiger partial charge in [-0.25, -0.2) is 23.6 Å². The standard InChI is InChI=1S/C23H24FN7O/c1-16-19(13-30-15-25-14-27-30)23-26-10-8-21(31(23)28-16)18-9-11-29(12-18)22(32)7-6-17-4-2-3-5-20(17)24/h2-5,8,10,14-15,18H,6-7,9,11-13H2,1H3/t18-/m1/s1. The molecule has 1 aliphatic heterocycles. The Morgan fingerprint density at radius 2 is 2.12 bits per heavy atom. The van der Waals surface area contributed by atoms with Crippen molar-refractivity contribution in [2.45, 2.75) is 38.6 Å². The predicted octanol–water partition coefficient (Wildman–Crippen LogP) is 2.77. The number of fused-ring (bicyclic) bond motifs is 1. The number of amides is 1. The molecule has 1 saturated heterocycles. The summed E-state index contributed by atoms with van der Waals surface area (Å²) in [5.41, 5.74) is 4.34. The smallest absolute Gasteiger partial charge is 0.222 e. The fraction of sp³-hybridized carbons (Fsp3) is 0.348. The van der Waals surface area contributed by atoms with Gasteiger partial charge in [-0.05, 0) is 37.5 Å². The van der Waals surface area contributed by atoms with Crippen LogP contribution in [0.5, 0.6) is 0 Å². The Morgan fingerprint density at radius 3 is 2.94 bits per heavy atom. The Kier molecular flexibility index (Phi) is 5.38. The summed E-state index contributed by atoms with van der Waals surface area (Å²) in [7, 11) is 0. The second-order valence-corrected chi connectivity index (χ2v) is 8.18. The van der Waals surface area contributed by atoms with Crippen LogP contribution < -0.4 is 0 Å². The highest BCUT2D eigenvalue weighted by molar-refractivity contribution is 5.77. The van der Waals surface area contributed by atoms with Gasteiger partial charge in [0.2, 0.25) is 5.91 Å². The summed E-state index contributed by atoms with van der Waals surface area (Å²) in [6.07, 6.45) is 6.57. The first-order chi connectivity index (χ1) is 15.6. The molecule has 8 nitrogen and oxygen atoms in total. The Balaban J connectivity index is 1.31. The molecule has 1 atom stereocenters. The van der Waals surface area contributed by atoms with Gasteiger partial charge < -0.3 is 4.90 Å². The highest BCUT2D eigenvalue weighted by Crippen LogP contribution is 2.29. The van der Waals surface area contributed by atoms with E-state index >= 15 is 0 Å². The highest BCUT2D eigenvalue weighted by Gasteiger charge is 2.29. The third-order valence-corrected chi connectivity index (χ3v) is 6.16. The van der Waals surface area contributed by atoms with Crippen molar-refractivity contribution in [1.29, 1.82) is 0 Å². The largest absolute Gasteiger partial charge is 0.342 e. The first kappa shape index (κ1) is 20.3. The first-order valence-electron chi connectivity index (χ1n) is 10.8. The molecular weight excluding hydrogens is 409 g/mol. The normalized spacial score (nSPS) is 16.2. The van der Waals surface area contributed by atoms with Crippen molar-refractivity contribution < 1.29 is 9.18 Å². The molecule has 1 aliphatic rings. The number of likely N-dealkylation sites (tertiary alicyclic amines) is 1. The zero-order valence-corrected chi connectivity index (χ0v) is 17.9. The molecule has 0 radical (unpaired) electrons. The number of aromatic nitrogens is 6. The minimum Gasteiger partial charge on any atom is -0.342 e. The summed E-state index contributed by atoms with van der Waals surface area (Å²) in [6, 6.07) is 8.61. The molecule has 0 spiro atoms. The van der Waals surface area contributed by atoms with Crippen LogP contribution in [0.2, 0.25) is 0 Å². The van der Waals surface area contributed by atoms with E-state index in [9.17, 15) is 9.18 Å². The summed E-state index contributed by atoms with van der Waals surface area (Å²) in [5, 5.41) is 8.93. The zero-order chi connectivity index (χ0) is 22.1. The number of hydrogen-bond acceptors (Lipinski definition) is 5. The van der Waals surface area contributed by atoms with Crippen LogP contribution >= 0.6 is 0 Å². The number of halogens is 1. The Bertz CT molecular complexity index is 1250. The van der Waals surface area contributed by atoms with Gasteiger partial charge in [0.05, 0.1) is 17.9 Å². The average Bonchev–Trinajstić information content (AvgIpc) is 3.54. The van der Waals surface area contributed by atoms with Crippen molar-refractivity contribution >= 4 is 11.6 Å². The number of carbonyl (C=O) groups excluding carboxylic acids is 1. The molecule has 9 heteroatoms. The molecule has 0 aliphatic carbocycles. The molecule has 32 heavy (non-hydrogen) atoms. The van der Waals surface area contributed by atoms with Gasteiger partial charge in [-0.15, -0.1) is 0 Å². The molecule has 0 saturated carbocycles. The third-order valence-electron chi connectivity index (χ3n) is 6.16. The minimum absolute atomic E-state index is 0.0598. The van der Waals surface area contributed by atoms with Crippen LogP contribution in [0.3, 0.4) is 0 Å². The zero-order valence-electron chi connectivity index (χ0n) is 17.9. The molecule has 1 amide bonds.